The van der Waals surface area contributed by atoms with Gasteiger partial charge < -0.3 is 20.7 Å². The zero-order chi connectivity index (χ0) is 27.9. The first-order valence-electron chi connectivity index (χ1n) is 13.6. The molecule has 0 saturated carbocycles. The van der Waals surface area contributed by atoms with Crippen LogP contribution in [0.25, 0.3) is 33.4 Å². The fourth-order valence-electron chi connectivity index (χ4n) is 5.33. The summed E-state index contributed by atoms with van der Waals surface area (Å²) in [4.78, 5) is 19.1. The van der Waals surface area contributed by atoms with Gasteiger partial charge in [0, 0.05) is 66.3 Å². The number of nitrogen functional groups attached to an aromatic ring is 1. The molecule has 206 valence electrons. The molecule has 1 fully saturated rings. The Labute approximate surface area is 231 Å². The predicted octanol–water partition coefficient (Wildman–Crippen LogP) is 4.71. The number of aromatic amines is 1. The van der Waals surface area contributed by atoms with E-state index in [1.165, 1.54) is 12.1 Å². The topological polar surface area (TPSA) is 122 Å². The molecule has 5 heterocycles. The Balaban J connectivity index is 1.22. The number of halogens is 1. The van der Waals surface area contributed by atoms with Gasteiger partial charge in [-0.25, -0.2) is 19.3 Å². The van der Waals surface area contributed by atoms with E-state index in [1.54, 1.807) is 0 Å². The molecule has 1 aliphatic heterocycles. The number of H-pyrrole nitrogens is 1. The van der Waals surface area contributed by atoms with Crippen molar-refractivity contribution in [1.82, 2.24) is 34.6 Å². The van der Waals surface area contributed by atoms with E-state index in [0.29, 0.717) is 24.2 Å². The van der Waals surface area contributed by atoms with Crippen LogP contribution in [0.4, 0.5) is 10.3 Å². The van der Waals surface area contributed by atoms with Crippen LogP contribution in [-0.2, 0) is 12.0 Å². The van der Waals surface area contributed by atoms with E-state index < -0.39 is 5.60 Å². The van der Waals surface area contributed by atoms with Crippen LogP contribution in [0.3, 0.4) is 0 Å². The molecule has 0 radical (unpaired) electrons. The maximum atomic E-state index is 13.2. The lowest BCUT2D eigenvalue weighted by atomic mass is 9.87. The summed E-state index contributed by atoms with van der Waals surface area (Å²) >= 11 is 0. The first-order chi connectivity index (χ1) is 19.3. The number of rotatable bonds is 7. The number of piperidine rings is 1. The standard InChI is InChI=1S/C30H33FN8O/c1-19(2)39-18-22(16-35-39)21-13-24-25(17-34-28(24)33-15-21)26-14-27(37-29(32)36-26)30(40)8-11-38(12-9-30)10-7-20-3-5-23(31)6-4-20/h3-6,13-19,40H,7-12H2,1-2H3,(H,33,34)(H2,32,36,37). The summed E-state index contributed by atoms with van der Waals surface area (Å²) in [5.74, 6) is -0.102. The molecule has 0 spiro atoms. The van der Waals surface area contributed by atoms with E-state index in [9.17, 15) is 9.50 Å². The summed E-state index contributed by atoms with van der Waals surface area (Å²) in [6.45, 7) is 6.47. The first kappa shape index (κ1) is 26.1. The number of pyridine rings is 1. The number of nitrogens with zero attached hydrogens (tertiary/aromatic N) is 6. The highest BCUT2D eigenvalue weighted by atomic mass is 19.1. The van der Waals surface area contributed by atoms with Crippen molar-refractivity contribution in [1.29, 1.82) is 0 Å². The molecule has 6 rings (SSSR count). The van der Waals surface area contributed by atoms with Crippen molar-refractivity contribution in [3.05, 3.63) is 78.3 Å². The summed E-state index contributed by atoms with van der Waals surface area (Å²) in [5.41, 5.74) is 10.9. The molecule has 1 aliphatic rings. The van der Waals surface area contributed by atoms with Gasteiger partial charge in [-0.2, -0.15) is 5.10 Å². The predicted molar refractivity (Wildman–Crippen MR) is 153 cm³/mol. The van der Waals surface area contributed by atoms with Crippen LogP contribution in [-0.4, -0.2) is 59.4 Å². The largest absolute Gasteiger partial charge is 0.383 e. The zero-order valence-electron chi connectivity index (χ0n) is 22.7. The molecular weight excluding hydrogens is 507 g/mol. The summed E-state index contributed by atoms with van der Waals surface area (Å²) in [6, 6.07) is 10.8. The van der Waals surface area contributed by atoms with Gasteiger partial charge in [-0.15, -0.1) is 0 Å². The van der Waals surface area contributed by atoms with Gasteiger partial charge >= 0.3 is 0 Å². The van der Waals surface area contributed by atoms with Crippen LogP contribution in [0.2, 0.25) is 0 Å². The van der Waals surface area contributed by atoms with Crippen molar-refractivity contribution in [2.75, 3.05) is 25.4 Å². The zero-order valence-corrected chi connectivity index (χ0v) is 22.7. The molecule has 10 heteroatoms. The molecule has 1 saturated heterocycles. The fourth-order valence-corrected chi connectivity index (χ4v) is 5.33. The maximum absolute atomic E-state index is 13.2. The second-order valence-electron chi connectivity index (χ2n) is 10.9. The Kier molecular flexibility index (Phi) is 6.81. The minimum atomic E-state index is -1.10. The molecule has 9 nitrogen and oxygen atoms in total. The average Bonchev–Trinajstić information content (AvgIpc) is 3.61. The molecule has 40 heavy (non-hydrogen) atoms. The smallest absolute Gasteiger partial charge is 0.220 e. The van der Waals surface area contributed by atoms with Gasteiger partial charge in [-0.1, -0.05) is 12.1 Å². The first-order valence-corrected chi connectivity index (χ1v) is 13.6. The van der Waals surface area contributed by atoms with Gasteiger partial charge in [0.25, 0.3) is 0 Å². The van der Waals surface area contributed by atoms with E-state index in [4.69, 9.17) is 5.73 Å². The van der Waals surface area contributed by atoms with Crippen LogP contribution >= 0.6 is 0 Å². The lowest BCUT2D eigenvalue weighted by Crippen LogP contribution is -2.43. The highest BCUT2D eigenvalue weighted by Gasteiger charge is 2.36. The highest BCUT2D eigenvalue weighted by Crippen LogP contribution is 2.36. The monoisotopic (exact) mass is 540 g/mol. The number of nitrogens with two attached hydrogens (primary N) is 1. The lowest BCUT2D eigenvalue weighted by Gasteiger charge is -2.38. The summed E-state index contributed by atoms with van der Waals surface area (Å²) < 4.78 is 15.1. The lowest BCUT2D eigenvalue weighted by molar-refractivity contribution is -0.0289. The average molecular weight is 541 g/mol. The van der Waals surface area contributed by atoms with E-state index in [0.717, 1.165) is 59.3 Å². The molecule has 5 aromatic rings. The fraction of sp³-hybridized carbons (Fsp3) is 0.333. The summed E-state index contributed by atoms with van der Waals surface area (Å²) in [7, 11) is 0. The Hall–Kier alpha value is -4.15. The van der Waals surface area contributed by atoms with Crippen molar-refractivity contribution in [3.8, 4) is 22.4 Å². The molecule has 4 N–H and O–H groups in total. The number of hydrogen-bond acceptors (Lipinski definition) is 7. The van der Waals surface area contributed by atoms with Crippen LogP contribution in [0, 0.1) is 5.82 Å². The van der Waals surface area contributed by atoms with Gasteiger partial charge in [-0.3, -0.25) is 4.68 Å². The van der Waals surface area contributed by atoms with Gasteiger partial charge in [0.15, 0.2) is 0 Å². The van der Waals surface area contributed by atoms with E-state index in [-0.39, 0.29) is 17.8 Å². The van der Waals surface area contributed by atoms with Gasteiger partial charge in [0.2, 0.25) is 5.95 Å². The third-order valence-electron chi connectivity index (χ3n) is 7.80. The Morgan fingerprint density at radius 3 is 2.58 bits per heavy atom. The van der Waals surface area contributed by atoms with Gasteiger partial charge in [-0.05, 0) is 62.9 Å². The molecule has 0 amide bonds. The normalized spacial score (nSPS) is 15.7. The maximum Gasteiger partial charge on any atom is 0.220 e. The van der Waals surface area contributed by atoms with Crippen molar-refractivity contribution >= 4 is 17.0 Å². The molecule has 0 bridgehead atoms. The van der Waals surface area contributed by atoms with E-state index in [1.807, 2.05) is 47.7 Å². The van der Waals surface area contributed by atoms with Gasteiger partial charge in [0.05, 0.1) is 17.6 Å². The number of benzene rings is 1. The van der Waals surface area contributed by atoms with Crippen LogP contribution in [0.5, 0.6) is 0 Å². The number of hydrogen-bond donors (Lipinski definition) is 3. The van der Waals surface area contributed by atoms with Crippen molar-refractivity contribution < 1.29 is 9.50 Å². The number of anilines is 1. The molecule has 0 atom stereocenters. The quantitative estimate of drug-likeness (QED) is 0.273. The van der Waals surface area contributed by atoms with Crippen LogP contribution in [0.15, 0.2) is 61.2 Å². The van der Waals surface area contributed by atoms with Crippen LogP contribution in [0.1, 0.15) is 44.0 Å². The Morgan fingerprint density at radius 1 is 1.07 bits per heavy atom. The Morgan fingerprint density at radius 2 is 1.85 bits per heavy atom. The number of fused-ring (bicyclic) bond motifs is 1. The molecule has 4 aromatic heterocycles. The number of likely N-dealkylation sites (tertiary alicyclic amines) is 1. The molecule has 0 unspecified atom stereocenters. The number of aliphatic hydroxyl groups is 1. The summed E-state index contributed by atoms with van der Waals surface area (Å²) in [5, 5.41) is 17.0. The van der Waals surface area contributed by atoms with Gasteiger partial charge in [0.1, 0.15) is 17.1 Å². The SMILES string of the molecule is CC(C)n1cc(-c2cnc3[nH]cc(-c4cc(C5(O)CCN(CCc6ccc(F)cc6)CC5)nc(N)n4)c3c2)cn1. The third-order valence-corrected chi connectivity index (χ3v) is 7.80. The van der Waals surface area contributed by atoms with Crippen LogP contribution < -0.4 is 5.73 Å². The Bertz CT molecular complexity index is 1630. The van der Waals surface area contributed by atoms with Crippen molar-refractivity contribution in [2.45, 2.75) is 44.8 Å². The van der Waals surface area contributed by atoms with Crippen molar-refractivity contribution in [3.63, 3.8) is 0 Å². The third kappa shape index (κ3) is 5.20. The second-order valence-corrected chi connectivity index (χ2v) is 10.9. The van der Waals surface area contributed by atoms with E-state index >= 15 is 0 Å². The second kappa shape index (κ2) is 10.4. The minimum Gasteiger partial charge on any atom is -0.383 e. The molecule has 1 aromatic carbocycles. The minimum absolute atomic E-state index is 0.122. The van der Waals surface area contributed by atoms with E-state index in [2.05, 4.69) is 49.8 Å². The summed E-state index contributed by atoms with van der Waals surface area (Å²) in [6.07, 6.45) is 9.46. The molecular formula is C30H33FN8O. The number of aromatic nitrogens is 6. The van der Waals surface area contributed by atoms with Crippen molar-refractivity contribution in [2.24, 2.45) is 0 Å². The number of nitrogens with one attached hydrogen (secondary N) is 1. The molecule has 0 aliphatic carbocycles. The highest BCUT2D eigenvalue weighted by molar-refractivity contribution is 5.95.